The summed E-state index contributed by atoms with van der Waals surface area (Å²) in [5, 5.41) is 9.66. The van der Waals surface area contributed by atoms with Crippen molar-refractivity contribution in [1.29, 1.82) is 0 Å². The average Bonchev–Trinajstić information content (AvgIpc) is 3.67. The molecule has 4 aromatic rings. The molecule has 3 aromatic carbocycles. The molecule has 218 valence electrons. The van der Waals surface area contributed by atoms with Crippen LogP contribution in [0.15, 0.2) is 100 Å². The quantitative estimate of drug-likeness (QED) is 0.252. The highest BCUT2D eigenvalue weighted by molar-refractivity contribution is 7.89. The number of sulfonamides is 1. The smallest absolute Gasteiger partial charge is 0.322 e. The van der Waals surface area contributed by atoms with Crippen LogP contribution >= 0.6 is 0 Å². The van der Waals surface area contributed by atoms with E-state index in [1.807, 2.05) is 54.6 Å². The maximum Gasteiger partial charge on any atom is 0.322 e. The Balaban J connectivity index is 1.19. The number of carbonyl (C=O) groups is 2. The van der Waals surface area contributed by atoms with Crippen LogP contribution in [0.5, 0.6) is 5.75 Å². The molecule has 0 bridgehead atoms. The molecule has 0 aliphatic carbocycles. The number of benzene rings is 3. The fraction of sp³-hybridized carbons (Fsp3) is 0.258. The number of nitrogens with one attached hydrogen (secondary N) is 1. The van der Waals surface area contributed by atoms with Gasteiger partial charge in [-0.3, -0.25) is 9.59 Å². The van der Waals surface area contributed by atoms with Gasteiger partial charge in [0.15, 0.2) is 5.89 Å². The van der Waals surface area contributed by atoms with Crippen LogP contribution in [-0.4, -0.2) is 47.9 Å². The summed E-state index contributed by atoms with van der Waals surface area (Å²) in [5.74, 6) is -0.105. The zero-order chi connectivity index (χ0) is 29.5. The predicted molar refractivity (Wildman–Crippen MR) is 153 cm³/mol. The minimum atomic E-state index is -4.06. The molecule has 1 fully saturated rings. The third kappa shape index (κ3) is 7.23. The van der Waals surface area contributed by atoms with Gasteiger partial charge < -0.3 is 19.2 Å². The van der Waals surface area contributed by atoms with Gasteiger partial charge in [0.05, 0.1) is 30.0 Å². The lowest BCUT2D eigenvalue weighted by molar-refractivity contribution is -0.139. The minimum absolute atomic E-state index is 0.0420. The van der Waals surface area contributed by atoms with E-state index in [9.17, 15) is 23.1 Å². The van der Waals surface area contributed by atoms with Crippen molar-refractivity contribution in [3.05, 3.63) is 114 Å². The molecule has 10 nitrogen and oxygen atoms in total. The van der Waals surface area contributed by atoms with Crippen molar-refractivity contribution in [3.63, 3.8) is 0 Å². The SMILES string of the molecule is O=C(O)C(Cc1ncc(C2CCCN2C(=O)Cc2ccc(COc3ccccc3)cc2)o1)NS(=O)(=O)c1ccccc1. The van der Waals surface area contributed by atoms with Gasteiger partial charge in [-0.05, 0) is 48.2 Å². The summed E-state index contributed by atoms with van der Waals surface area (Å²) < 4.78 is 39.2. The highest BCUT2D eigenvalue weighted by atomic mass is 32.2. The molecule has 2 N–H and O–H groups in total. The third-order valence-corrected chi connectivity index (χ3v) is 8.52. The van der Waals surface area contributed by atoms with Crippen molar-refractivity contribution < 1.29 is 32.3 Å². The van der Waals surface area contributed by atoms with E-state index in [4.69, 9.17) is 9.15 Å². The van der Waals surface area contributed by atoms with Crippen molar-refractivity contribution in [2.24, 2.45) is 0 Å². The summed E-state index contributed by atoms with van der Waals surface area (Å²) in [6.45, 7) is 0.994. The molecule has 11 heteroatoms. The third-order valence-electron chi connectivity index (χ3n) is 7.03. The number of hydrogen-bond acceptors (Lipinski definition) is 7. The topological polar surface area (TPSA) is 139 Å². The number of hydrogen-bond donors (Lipinski definition) is 2. The van der Waals surface area contributed by atoms with Crippen molar-refractivity contribution in [1.82, 2.24) is 14.6 Å². The molecule has 1 amide bonds. The predicted octanol–water partition coefficient (Wildman–Crippen LogP) is 4.13. The van der Waals surface area contributed by atoms with Crippen molar-refractivity contribution >= 4 is 21.9 Å². The molecular weight excluding hydrogens is 558 g/mol. The summed E-state index contributed by atoms with van der Waals surface area (Å²) in [6.07, 6.45) is 2.88. The van der Waals surface area contributed by atoms with E-state index >= 15 is 0 Å². The number of aliphatic carboxylic acids is 1. The number of oxazole rings is 1. The van der Waals surface area contributed by atoms with Crippen molar-refractivity contribution in [2.75, 3.05) is 6.54 Å². The fourth-order valence-electron chi connectivity index (χ4n) is 4.86. The van der Waals surface area contributed by atoms with Crippen LogP contribution in [0.25, 0.3) is 0 Å². The Bertz CT molecular complexity index is 1610. The van der Waals surface area contributed by atoms with Crippen LogP contribution in [0, 0.1) is 0 Å². The molecule has 2 heterocycles. The van der Waals surface area contributed by atoms with E-state index in [-0.39, 0.29) is 35.6 Å². The van der Waals surface area contributed by atoms with E-state index < -0.39 is 22.0 Å². The summed E-state index contributed by atoms with van der Waals surface area (Å²) >= 11 is 0. The molecule has 1 aliphatic rings. The molecule has 0 radical (unpaired) electrons. The molecule has 0 spiro atoms. The highest BCUT2D eigenvalue weighted by Crippen LogP contribution is 2.33. The van der Waals surface area contributed by atoms with E-state index in [1.54, 1.807) is 23.1 Å². The minimum Gasteiger partial charge on any atom is -0.489 e. The molecule has 2 atom stereocenters. The van der Waals surface area contributed by atoms with Gasteiger partial charge in [0, 0.05) is 6.54 Å². The second-order valence-electron chi connectivity index (χ2n) is 10.0. The summed E-state index contributed by atoms with van der Waals surface area (Å²) in [4.78, 5) is 31.0. The number of amides is 1. The highest BCUT2D eigenvalue weighted by Gasteiger charge is 2.33. The summed E-state index contributed by atoms with van der Waals surface area (Å²) in [5.41, 5.74) is 1.87. The zero-order valence-corrected chi connectivity index (χ0v) is 23.6. The van der Waals surface area contributed by atoms with E-state index in [0.717, 1.165) is 23.3 Å². The van der Waals surface area contributed by atoms with Crippen molar-refractivity contribution in [3.8, 4) is 5.75 Å². The number of carbonyl (C=O) groups excluding carboxylic acids is 1. The van der Waals surface area contributed by atoms with Crippen LogP contribution in [-0.2, 0) is 39.1 Å². The first-order valence-corrected chi connectivity index (χ1v) is 15.1. The van der Waals surface area contributed by atoms with Crippen LogP contribution < -0.4 is 9.46 Å². The molecule has 5 rings (SSSR count). The summed E-state index contributed by atoms with van der Waals surface area (Å²) in [6, 6.07) is 23.0. The number of para-hydroxylation sites is 1. The zero-order valence-electron chi connectivity index (χ0n) is 22.8. The van der Waals surface area contributed by atoms with Gasteiger partial charge in [-0.2, -0.15) is 4.72 Å². The molecular formula is C31H31N3O7S. The maximum absolute atomic E-state index is 13.2. The second-order valence-corrected chi connectivity index (χ2v) is 11.7. The lowest BCUT2D eigenvalue weighted by Gasteiger charge is -2.23. The number of likely N-dealkylation sites (tertiary alicyclic amines) is 1. The number of carboxylic acid groups (broad SMARTS) is 1. The molecule has 2 unspecified atom stereocenters. The van der Waals surface area contributed by atoms with Gasteiger partial charge in [-0.25, -0.2) is 13.4 Å². The Hall–Kier alpha value is -4.48. The first-order valence-electron chi connectivity index (χ1n) is 13.6. The maximum atomic E-state index is 13.2. The molecule has 42 heavy (non-hydrogen) atoms. The van der Waals surface area contributed by atoms with Gasteiger partial charge in [0.25, 0.3) is 0 Å². The van der Waals surface area contributed by atoms with Gasteiger partial charge in [-0.1, -0.05) is 60.7 Å². The lowest BCUT2D eigenvalue weighted by Crippen LogP contribution is -2.42. The van der Waals surface area contributed by atoms with Gasteiger partial charge in [-0.15, -0.1) is 0 Å². The Morgan fingerprint density at radius 1 is 1.00 bits per heavy atom. The Kier molecular flexibility index (Phi) is 8.99. The van der Waals surface area contributed by atoms with E-state index in [1.165, 1.54) is 18.3 Å². The normalized spacial score (nSPS) is 15.8. The number of aromatic nitrogens is 1. The van der Waals surface area contributed by atoms with Crippen LogP contribution in [0.1, 0.15) is 41.7 Å². The van der Waals surface area contributed by atoms with E-state index in [2.05, 4.69) is 9.71 Å². The van der Waals surface area contributed by atoms with Gasteiger partial charge in [0.2, 0.25) is 15.9 Å². The molecule has 1 aromatic heterocycles. The van der Waals surface area contributed by atoms with Crippen molar-refractivity contribution in [2.45, 2.75) is 49.3 Å². The number of carboxylic acids is 1. The molecule has 1 saturated heterocycles. The Morgan fingerprint density at radius 2 is 1.67 bits per heavy atom. The Labute approximate surface area is 244 Å². The monoisotopic (exact) mass is 589 g/mol. The summed E-state index contributed by atoms with van der Waals surface area (Å²) in [7, 11) is -4.06. The molecule has 1 aliphatic heterocycles. The fourth-order valence-corrected chi connectivity index (χ4v) is 6.07. The van der Waals surface area contributed by atoms with Crippen LogP contribution in [0.4, 0.5) is 0 Å². The van der Waals surface area contributed by atoms with Crippen LogP contribution in [0.3, 0.4) is 0 Å². The van der Waals surface area contributed by atoms with E-state index in [0.29, 0.717) is 25.3 Å². The molecule has 0 saturated carbocycles. The first kappa shape index (κ1) is 29.0. The van der Waals surface area contributed by atoms with Gasteiger partial charge in [0.1, 0.15) is 24.2 Å². The number of rotatable bonds is 12. The lowest BCUT2D eigenvalue weighted by atomic mass is 10.1. The second kappa shape index (κ2) is 13.0. The standard InChI is InChI=1S/C31H31N3O7S/c35-30(18-22-13-15-23(16-14-22)21-40-24-8-3-1-4-9-24)34-17-7-12-27(34)28-20-32-29(41-28)19-26(31(36)37)33-42(38,39)25-10-5-2-6-11-25/h1-6,8-11,13-16,20,26-27,33H,7,12,17-19,21H2,(H,36,37). The number of nitrogens with zero attached hydrogens (tertiary/aromatic N) is 2. The van der Waals surface area contributed by atoms with Gasteiger partial charge >= 0.3 is 5.97 Å². The number of ether oxygens (including phenoxy) is 1. The first-order chi connectivity index (χ1) is 20.3. The van der Waals surface area contributed by atoms with Crippen LogP contribution in [0.2, 0.25) is 0 Å². The largest absolute Gasteiger partial charge is 0.489 e. The Morgan fingerprint density at radius 3 is 2.36 bits per heavy atom. The average molecular weight is 590 g/mol.